The predicted molar refractivity (Wildman–Crippen MR) is 212 cm³/mol. The molecule has 0 saturated heterocycles. The summed E-state index contributed by atoms with van der Waals surface area (Å²) in [4.78, 5) is 73.5. The lowest BCUT2D eigenvalue weighted by atomic mass is 9.80. The molecule has 0 heterocycles. The molecule has 0 aliphatic rings. The van der Waals surface area contributed by atoms with Crippen LogP contribution in [0.2, 0.25) is 0 Å². The number of carbonyl (C=O) groups is 6. The minimum Gasteiger partial charge on any atom is -0.481 e. The fraction of sp³-hybridized carbons (Fsp3) is 0.850. The Morgan fingerprint density at radius 3 is 1.76 bits per heavy atom. The lowest BCUT2D eigenvalue weighted by molar-refractivity contribution is -0.148. The number of hydrogen-bond donors (Lipinski definition) is 7. The maximum absolute atomic E-state index is 13.2. The first kappa shape index (κ1) is 51.9. The standard InChI is InChI=1S/C40H75N5O10/c1-13-37(5,6)32(48)28(45-36(2,3)4)16-14-15-22-42-31(47)19-20-39(9,10)54-24-21-40(11,12)55-25-23-43-30(46)18-17-29(34(50)51)44-33(49)27(41)26-38(7,8)35(52)53/h27-29,45H,13-26,41H2,1-12H3,(H,42,47)(H,43,46)(H,44,49)(H,50,51)(H,52,53)/t27?,28-,29-/m0/s1. The number of Topliss-reactive ketones (excluding diaryl/α,β-unsaturated/α-hetero) is 1. The van der Waals surface area contributed by atoms with Crippen molar-refractivity contribution >= 4 is 35.4 Å². The van der Waals surface area contributed by atoms with E-state index in [-0.39, 0.29) is 61.1 Å². The number of carboxylic acid groups (broad SMARTS) is 2. The molecule has 55 heavy (non-hydrogen) atoms. The van der Waals surface area contributed by atoms with Gasteiger partial charge >= 0.3 is 11.9 Å². The van der Waals surface area contributed by atoms with Gasteiger partial charge in [0.15, 0.2) is 5.78 Å². The van der Waals surface area contributed by atoms with Crippen LogP contribution in [0.25, 0.3) is 0 Å². The van der Waals surface area contributed by atoms with E-state index < -0.39 is 52.5 Å². The van der Waals surface area contributed by atoms with Gasteiger partial charge in [-0.1, -0.05) is 20.8 Å². The van der Waals surface area contributed by atoms with E-state index in [1.54, 1.807) is 0 Å². The van der Waals surface area contributed by atoms with Crippen LogP contribution in [0, 0.1) is 10.8 Å². The highest BCUT2D eigenvalue weighted by molar-refractivity contribution is 5.89. The van der Waals surface area contributed by atoms with Crippen molar-refractivity contribution in [1.29, 1.82) is 0 Å². The summed E-state index contributed by atoms with van der Waals surface area (Å²) in [5.41, 5.74) is 2.86. The molecule has 320 valence electrons. The van der Waals surface area contributed by atoms with E-state index in [1.165, 1.54) is 13.8 Å². The van der Waals surface area contributed by atoms with Crippen LogP contribution in [-0.2, 0) is 38.2 Å². The summed E-state index contributed by atoms with van der Waals surface area (Å²) < 4.78 is 12.0. The van der Waals surface area contributed by atoms with Crippen molar-refractivity contribution < 1.29 is 48.5 Å². The van der Waals surface area contributed by atoms with Gasteiger partial charge in [-0.3, -0.25) is 24.0 Å². The zero-order valence-electron chi connectivity index (χ0n) is 35.9. The Bertz CT molecular complexity index is 1260. The highest BCUT2D eigenvalue weighted by Crippen LogP contribution is 2.26. The predicted octanol–water partition coefficient (Wildman–Crippen LogP) is 4.09. The number of ketones is 1. The number of nitrogens with one attached hydrogen (secondary N) is 4. The van der Waals surface area contributed by atoms with Gasteiger partial charge in [-0.05, 0) is 114 Å². The first-order chi connectivity index (χ1) is 25.0. The van der Waals surface area contributed by atoms with Gasteiger partial charge in [-0.15, -0.1) is 0 Å². The molecule has 0 fully saturated rings. The summed E-state index contributed by atoms with van der Waals surface area (Å²) in [5, 5.41) is 30.2. The van der Waals surface area contributed by atoms with E-state index in [2.05, 4.69) is 42.0 Å². The summed E-state index contributed by atoms with van der Waals surface area (Å²) in [6.45, 7) is 24.1. The Balaban J connectivity index is 4.48. The Labute approximate surface area is 329 Å². The molecule has 1 unspecified atom stereocenters. The van der Waals surface area contributed by atoms with Gasteiger partial charge in [0.25, 0.3) is 0 Å². The summed E-state index contributed by atoms with van der Waals surface area (Å²) in [6.07, 6.45) is 3.97. The third-order valence-electron chi connectivity index (χ3n) is 9.71. The normalized spacial score (nSPS) is 14.4. The lowest BCUT2D eigenvalue weighted by Gasteiger charge is -2.33. The van der Waals surface area contributed by atoms with Crippen LogP contribution in [0.5, 0.6) is 0 Å². The third-order valence-corrected chi connectivity index (χ3v) is 9.71. The van der Waals surface area contributed by atoms with E-state index >= 15 is 0 Å². The Hall–Kier alpha value is -3.14. The SMILES string of the molecule is CCC(C)(C)C(=O)[C@H](CCCCNC(=O)CCC(C)(C)OCCC(C)(C)OCCNC(=O)CC[C@H](NC(=O)C(N)CC(C)(C)C(=O)O)C(=O)O)NC(C)(C)C. The van der Waals surface area contributed by atoms with Crippen molar-refractivity contribution in [2.75, 3.05) is 26.3 Å². The molecular weight excluding hydrogens is 710 g/mol. The van der Waals surface area contributed by atoms with Crippen molar-refractivity contribution in [2.24, 2.45) is 16.6 Å². The molecule has 0 saturated carbocycles. The Morgan fingerprint density at radius 2 is 1.22 bits per heavy atom. The first-order valence-corrected chi connectivity index (χ1v) is 19.7. The smallest absolute Gasteiger partial charge is 0.326 e. The van der Waals surface area contributed by atoms with Crippen molar-refractivity contribution in [1.82, 2.24) is 21.3 Å². The molecule has 0 bridgehead atoms. The molecule has 0 aromatic carbocycles. The molecule has 15 nitrogen and oxygen atoms in total. The number of hydrogen-bond acceptors (Lipinski definition) is 10. The molecule has 0 aliphatic carbocycles. The Morgan fingerprint density at radius 1 is 0.673 bits per heavy atom. The summed E-state index contributed by atoms with van der Waals surface area (Å²) in [5.74, 6) is -3.51. The topological polar surface area (TPSA) is 235 Å². The molecule has 0 aliphatic heterocycles. The minimum absolute atomic E-state index is 0.0421. The molecule has 0 spiro atoms. The second kappa shape index (κ2) is 23.2. The molecule has 0 rings (SSSR count). The van der Waals surface area contributed by atoms with Gasteiger partial charge < -0.3 is 46.7 Å². The van der Waals surface area contributed by atoms with Crippen LogP contribution in [-0.4, -0.2) is 107 Å². The largest absolute Gasteiger partial charge is 0.481 e. The van der Waals surface area contributed by atoms with Crippen LogP contribution in [0.15, 0.2) is 0 Å². The van der Waals surface area contributed by atoms with Crippen LogP contribution in [0.4, 0.5) is 0 Å². The van der Waals surface area contributed by atoms with Crippen LogP contribution in [0.3, 0.4) is 0 Å². The highest BCUT2D eigenvalue weighted by Gasteiger charge is 2.35. The van der Waals surface area contributed by atoms with Crippen LogP contribution < -0.4 is 27.0 Å². The first-order valence-electron chi connectivity index (χ1n) is 19.7. The number of carboxylic acids is 2. The highest BCUT2D eigenvalue weighted by atomic mass is 16.5. The minimum atomic E-state index is -1.37. The van der Waals surface area contributed by atoms with E-state index in [4.69, 9.17) is 15.2 Å². The van der Waals surface area contributed by atoms with Crippen LogP contribution >= 0.6 is 0 Å². The fourth-order valence-electron chi connectivity index (χ4n) is 5.51. The van der Waals surface area contributed by atoms with Crippen molar-refractivity contribution in [3.05, 3.63) is 0 Å². The molecule has 0 aromatic heterocycles. The van der Waals surface area contributed by atoms with Crippen molar-refractivity contribution in [3.8, 4) is 0 Å². The zero-order chi connectivity index (χ0) is 42.8. The summed E-state index contributed by atoms with van der Waals surface area (Å²) in [6, 6.07) is -2.82. The Kier molecular flexibility index (Phi) is 21.9. The van der Waals surface area contributed by atoms with E-state index in [9.17, 15) is 39.0 Å². The van der Waals surface area contributed by atoms with Crippen molar-refractivity contribution in [3.63, 3.8) is 0 Å². The van der Waals surface area contributed by atoms with E-state index in [0.717, 1.165) is 25.7 Å². The number of amides is 3. The van der Waals surface area contributed by atoms with Gasteiger partial charge in [-0.2, -0.15) is 0 Å². The van der Waals surface area contributed by atoms with Gasteiger partial charge in [0.05, 0.1) is 41.9 Å². The van der Waals surface area contributed by atoms with Crippen molar-refractivity contribution in [2.45, 2.75) is 182 Å². The average Bonchev–Trinajstić information content (AvgIpc) is 3.05. The average molecular weight is 786 g/mol. The molecule has 0 radical (unpaired) electrons. The van der Waals surface area contributed by atoms with Gasteiger partial charge in [0.1, 0.15) is 6.04 Å². The van der Waals surface area contributed by atoms with Gasteiger partial charge in [0, 0.05) is 36.9 Å². The maximum Gasteiger partial charge on any atom is 0.326 e. The number of rotatable bonds is 29. The molecule has 3 amide bonds. The van der Waals surface area contributed by atoms with Gasteiger partial charge in [-0.25, -0.2) is 4.79 Å². The van der Waals surface area contributed by atoms with E-state index in [0.29, 0.717) is 32.4 Å². The number of carbonyl (C=O) groups excluding carboxylic acids is 4. The monoisotopic (exact) mass is 786 g/mol. The molecule has 8 N–H and O–H groups in total. The second-order valence-corrected chi connectivity index (χ2v) is 18.1. The van der Waals surface area contributed by atoms with Crippen LogP contribution in [0.1, 0.15) is 147 Å². The summed E-state index contributed by atoms with van der Waals surface area (Å²) >= 11 is 0. The third kappa shape index (κ3) is 22.9. The maximum atomic E-state index is 13.2. The summed E-state index contributed by atoms with van der Waals surface area (Å²) in [7, 11) is 0. The number of unbranched alkanes of at least 4 members (excludes halogenated alkanes) is 1. The molecular formula is C40H75N5O10. The van der Waals surface area contributed by atoms with E-state index in [1.807, 2.05) is 48.5 Å². The lowest BCUT2D eigenvalue weighted by Crippen LogP contribution is -2.51. The fourth-order valence-corrected chi connectivity index (χ4v) is 5.51. The zero-order valence-corrected chi connectivity index (χ0v) is 35.9. The number of nitrogens with two attached hydrogens (primary N) is 1. The molecule has 3 atom stereocenters. The van der Waals surface area contributed by atoms with Gasteiger partial charge in [0.2, 0.25) is 17.7 Å². The quantitative estimate of drug-likeness (QED) is 0.0532. The number of ether oxygens (including phenoxy) is 2. The second-order valence-electron chi connectivity index (χ2n) is 18.1. The molecule has 15 heteroatoms. The number of aliphatic carboxylic acids is 2. The molecule has 0 aromatic rings.